The molecule has 3 saturated heterocycles. The van der Waals surface area contributed by atoms with Crippen LogP contribution < -0.4 is 16.8 Å². The first-order valence-corrected chi connectivity index (χ1v) is 19.7. The number of nitrogens with one attached hydrogen (secondary N) is 1. The van der Waals surface area contributed by atoms with E-state index in [0.717, 1.165) is 0 Å². The van der Waals surface area contributed by atoms with E-state index in [0.29, 0.717) is 30.8 Å². The smallest absolute Gasteiger partial charge is 0.382 e. The molecule has 3 aliphatic rings. The summed E-state index contributed by atoms with van der Waals surface area (Å²) in [6.45, 7) is -8.92. The zero-order chi connectivity index (χ0) is 33.8. The van der Waals surface area contributed by atoms with Gasteiger partial charge in [-0.1, -0.05) is 12.2 Å². The normalized spacial score (nSPS) is 36.0. The summed E-state index contributed by atoms with van der Waals surface area (Å²) in [5.74, 6) is 0.458. The molecule has 19 nitrogen and oxygen atoms in total. The number of anilines is 2. The third-order valence-corrected chi connectivity index (χ3v) is 11.0. The zero-order valence-electron chi connectivity index (χ0n) is 24.5. The van der Waals surface area contributed by atoms with Crippen LogP contribution in [0.2, 0.25) is 0 Å². The molecule has 7 heterocycles. The molecule has 4 aromatic heterocycles. The molecule has 6 unspecified atom stereocenters. The summed E-state index contributed by atoms with van der Waals surface area (Å²) in [5.41, 5.74) is 12.3. The van der Waals surface area contributed by atoms with E-state index in [4.69, 9.17) is 50.8 Å². The molecule has 7 rings (SSSR count). The molecule has 3 aliphatic heterocycles. The first-order valence-electron chi connectivity index (χ1n) is 14.4. The molecule has 48 heavy (non-hydrogen) atoms. The molecular weight excluding hydrogens is 722 g/mol. The highest BCUT2D eigenvalue weighted by Crippen LogP contribution is 2.58. The maximum atomic E-state index is 16.2. The highest BCUT2D eigenvalue weighted by Gasteiger charge is 2.54. The molecule has 4 aromatic rings. The van der Waals surface area contributed by atoms with Crippen molar-refractivity contribution in [1.29, 1.82) is 0 Å². The van der Waals surface area contributed by atoms with Gasteiger partial charge >= 0.3 is 13.5 Å². The van der Waals surface area contributed by atoms with Gasteiger partial charge in [0.25, 0.3) is 0 Å². The number of hydrogen-bond donors (Lipinski definition) is 5. The second-order valence-electron chi connectivity index (χ2n) is 10.9. The third kappa shape index (κ3) is 6.42. The number of nitrogen functional groups attached to an aromatic ring is 1. The number of fused-ring (bicyclic) bond motifs is 4. The molecule has 0 amide bonds. The number of nitrogens with two attached hydrogens (primary N) is 2. The van der Waals surface area contributed by atoms with Crippen LogP contribution in [0.5, 0.6) is 0 Å². The average Bonchev–Trinajstić information content (AvgIpc) is 3.81. The third-order valence-electron chi connectivity index (χ3n) is 7.82. The van der Waals surface area contributed by atoms with Crippen molar-refractivity contribution in [2.24, 2.45) is 5.73 Å². The summed E-state index contributed by atoms with van der Waals surface area (Å²) in [4.78, 5) is 35.8. The molecule has 260 valence electrons. The SMILES string of the molecule is NCCCNc1ncnc2c1ncn2[C@@H]1O[C@@H]2COP(O)(=S)OC3C(F)[C@H](n4cnc5c(N)ncnc54)O[C@@H]3COP(=O)(S)OC2C1F. The van der Waals surface area contributed by atoms with E-state index in [1.54, 1.807) is 0 Å². The Balaban J connectivity index is 1.14. The molecule has 0 bridgehead atoms. The highest BCUT2D eigenvalue weighted by molar-refractivity contribution is 8.44. The molecule has 0 radical (unpaired) electrons. The van der Waals surface area contributed by atoms with Crippen molar-refractivity contribution in [3.8, 4) is 0 Å². The van der Waals surface area contributed by atoms with E-state index in [9.17, 15) is 9.46 Å². The Morgan fingerprint density at radius 1 is 0.938 bits per heavy atom. The molecule has 3 fully saturated rings. The van der Waals surface area contributed by atoms with Gasteiger partial charge in [-0.05, 0) is 24.8 Å². The number of ether oxygens (including phenoxy) is 2. The minimum atomic E-state index is -4.39. The van der Waals surface area contributed by atoms with E-state index < -0.39 is 75.9 Å². The average molecular weight is 752 g/mol. The lowest BCUT2D eigenvalue weighted by Crippen LogP contribution is -2.37. The van der Waals surface area contributed by atoms with Gasteiger partial charge < -0.3 is 35.7 Å². The summed E-state index contributed by atoms with van der Waals surface area (Å²) >= 11 is 9.23. The number of halogens is 2. The van der Waals surface area contributed by atoms with E-state index in [1.807, 2.05) is 0 Å². The Morgan fingerprint density at radius 3 is 2.19 bits per heavy atom. The fourth-order valence-corrected chi connectivity index (χ4v) is 8.51. The van der Waals surface area contributed by atoms with Crippen molar-refractivity contribution < 1.29 is 45.8 Å². The number of aromatic nitrogens is 8. The summed E-state index contributed by atoms with van der Waals surface area (Å²) < 4.78 is 82.2. The van der Waals surface area contributed by atoms with E-state index in [2.05, 4.69) is 47.5 Å². The molecule has 6 N–H and O–H groups in total. The zero-order valence-corrected chi connectivity index (χ0v) is 28.0. The Hall–Kier alpha value is -2.53. The maximum absolute atomic E-state index is 16.2. The number of nitrogens with zero attached hydrogens (tertiary/aromatic N) is 8. The number of alkyl halides is 2. The van der Waals surface area contributed by atoms with E-state index in [1.165, 1.54) is 34.4 Å². The lowest BCUT2D eigenvalue weighted by atomic mass is 10.1. The van der Waals surface area contributed by atoms with Gasteiger partial charge in [0.05, 0.1) is 25.9 Å². The monoisotopic (exact) mass is 751 g/mol. The highest BCUT2D eigenvalue weighted by atomic mass is 32.7. The van der Waals surface area contributed by atoms with Crippen LogP contribution in [-0.2, 0) is 43.9 Å². The van der Waals surface area contributed by atoms with Gasteiger partial charge in [-0.3, -0.25) is 22.7 Å². The van der Waals surface area contributed by atoms with Gasteiger partial charge in [0.2, 0.25) is 0 Å². The van der Waals surface area contributed by atoms with Gasteiger partial charge in [0.15, 0.2) is 53.2 Å². The number of rotatable bonds is 6. The van der Waals surface area contributed by atoms with Gasteiger partial charge in [0, 0.05) is 6.54 Å². The fourth-order valence-electron chi connectivity index (χ4n) is 5.59. The number of imidazole rings is 2. The fraction of sp³-hybridized carbons (Fsp3) is 0.565. The first kappa shape index (κ1) is 33.9. The van der Waals surface area contributed by atoms with Crippen molar-refractivity contribution in [2.75, 3.05) is 37.4 Å². The van der Waals surface area contributed by atoms with Gasteiger partial charge in [-0.25, -0.2) is 43.2 Å². The van der Waals surface area contributed by atoms with Crippen LogP contribution in [0.3, 0.4) is 0 Å². The first-order chi connectivity index (χ1) is 23.0. The number of thiol groups is 1. The minimum absolute atomic E-state index is 0.0569. The molecule has 0 saturated carbocycles. The second kappa shape index (κ2) is 13.3. The topological polar surface area (TPSA) is 244 Å². The van der Waals surface area contributed by atoms with E-state index in [-0.39, 0.29) is 22.6 Å². The van der Waals surface area contributed by atoms with Crippen LogP contribution in [-0.4, -0.2) is 107 Å². The predicted octanol–water partition coefficient (Wildman–Crippen LogP) is 1.55. The van der Waals surface area contributed by atoms with Crippen LogP contribution in [0.4, 0.5) is 20.4 Å². The lowest BCUT2D eigenvalue weighted by molar-refractivity contribution is -0.0564. The van der Waals surface area contributed by atoms with Crippen LogP contribution in [0.15, 0.2) is 25.3 Å². The Kier molecular flexibility index (Phi) is 9.41. The summed E-state index contributed by atoms with van der Waals surface area (Å²) in [6.07, 6.45) is -7.08. The van der Waals surface area contributed by atoms with Crippen molar-refractivity contribution in [1.82, 2.24) is 39.0 Å². The van der Waals surface area contributed by atoms with Crippen molar-refractivity contribution in [2.45, 2.75) is 55.6 Å². The summed E-state index contributed by atoms with van der Waals surface area (Å²) in [6, 6.07) is 0. The summed E-state index contributed by atoms with van der Waals surface area (Å²) in [5, 5.41) is 3.10. The van der Waals surface area contributed by atoms with Gasteiger partial charge in [-0.15, -0.1) is 0 Å². The maximum Gasteiger partial charge on any atom is 0.386 e. The molecule has 0 spiro atoms. The Morgan fingerprint density at radius 2 is 1.52 bits per heavy atom. The second-order valence-corrected chi connectivity index (χ2v) is 16.6. The van der Waals surface area contributed by atoms with Crippen molar-refractivity contribution >= 4 is 71.5 Å². The van der Waals surface area contributed by atoms with Crippen LogP contribution in [0.1, 0.15) is 18.9 Å². The van der Waals surface area contributed by atoms with Crippen molar-refractivity contribution in [3.63, 3.8) is 0 Å². The van der Waals surface area contributed by atoms with Crippen LogP contribution in [0.25, 0.3) is 22.3 Å². The Bertz CT molecular complexity index is 1910. The van der Waals surface area contributed by atoms with Gasteiger partial charge in [-0.2, -0.15) is 0 Å². The van der Waals surface area contributed by atoms with Crippen LogP contribution in [0, 0.1) is 0 Å². The summed E-state index contributed by atoms with van der Waals surface area (Å²) in [7, 11) is 0. The van der Waals surface area contributed by atoms with Crippen LogP contribution >= 0.6 is 25.8 Å². The largest absolute Gasteiger partial charge is 0.386 e. The van der Waals surface area contributed by atoms with Crippen molar-refractivity contribution in [3.05, 3.63) is 25.3 Å². The standard InChI is InChI=1S/C23H29F2N11O8P2S2/c24-12-16-10(41-22(12)35-8-33-14-18(27)29-6-31-20(14)35)4-39-46(38,48)44-17-11(5-40-45(37,47)43-16)42-23(13(17)25)36-9-34-15-19(28-3-1-2-26)30-7-32-21(15)36/h6-13,16-17,22-23H,1-5,26H2,(H,37,47)(H,38,48)(H2,27,29,31)(H,28,30,32)/t10-,11-,12?,13?,16?,17?,22-,23-,45?,46?/m1/s1. The minimum Gasteiger partial charge on any atom is -0.382 e. The molecule has 10 atom stereocenters. The lowest BCUT2D eigenvalue weighted by Gasteiger charge is -2.29. The molecule has 0 aliphatic carbocycles. The number of hydrogen-bond acceptors (Lipinski definition) is 17. The van der Waals surface area contributed by atoms with Gasteiger partial charge in [0.1, 0.15) is 42.6 Å². The molecular formula is C23H29F2N11O8P2S2. The quantitative estimate of drug-likeness (QED) is 0.107. The Labute approximate surface area is 280 Å². The molecule has 0 aromatic carbocycles. The predicted molar refractivity (Wildman–Crippen MR) is 170 cm³/mol. The van der Waals surface area contributed by atoms with E-state index >= 15 is 8.78 Å². The molecule has 25 heteroatoms.